The maximum atomic E-state index is 12.6. The number of carbonyl (C=O) groups excluding carboxylic acids is 1. The number of rotatable bonds is 2. The molecular formula is C20H28N2O2. The smallest absolute Gasteiger partial charge is 0.418 e. The summed E-state index contributed by atoms with van der Waals surface area (Å²) in [6.45, 7) is 12.1. The molecule has 0 bridgehead atoms. The molecule has 1 aromatic heterocycles. The largest absolute Gasteiger partial charge is 0.443 e. The molecule has 1 aliphatic heterocycles. The summed E-state index contributed by atoms with van der Waals surface area (Å²) in [5, 5.41) is 4.63. The Morgan fingerprint density at radius 3 is 2.71 bits per heavy atom. The maximum absolute atomic E-state index is 12.6. The molecule has 1 N–H and O–H groups in total. The van der Waals surface area contributed by atoms with E-state index >= 15 is 0 Å². The first-order valence-corrected chi connectivity index (χ1v) is 8.80. The van der Waals surface area contributed by atoms with E-state index in [4.69, 9.17) is 4.74 Å². The van der Waals surface area contributed by atoms with Gasteiger partial charge in [-0.1, -0.05) is 6.07 Å². The van der Waals surface area contributed by atoms with Gasteiger partial charge in [0.1, 0.15) is 5.60 Å². The minimum Gasteiger partial charge on any atom is -0.443 e. The third-order valence-corrected chi connectivity index (χ3v) is 4.74. The van der Waals surface area contributed by atoms with Gasteiger partial charge in [-0.2, -0.15) is 0 Å². The second-order valence-electron chi connectivity index (χ2n) is 7.98. The summed E-state index contributed by atoms with van der Waals surface area (Å²) in [7, 11) is 0. The highest BCUT2D eigenvalue weighted by Crippen LogP contribution is 2.30. The van der Waals surface area contributed by atoms with Crippen LogP contribution in [0.2, 0.25) is 0 Å². The molecule has 1 aliphatic rings. The van der Waals surface area contributed by atoms with E-state index < -0.39 is 5.60 Å². The van der Waals surface area contributed by atoms with Crippen LogP contribution in [-0.4, -0.2) is 29.4 Å². The Labute approximate surface area is 144 Å². The average molecular weight is 328 g/mol. The lowest BCUT2D eigenvalue weighted by molar-refractivity contribution is 0.0544. The predicted octanol–water partition coefficient (Wildman–Crippen LogP) is 4.19. The Kier molecular flexibility index (Phi) is 4.43. The van der Waals surface area contributed by atoms with Crippen LogP contribution in [-0.2, 0) is 11.2 Å². The summed E-state index contributed by atoms with van der Waals surface area (Å²) in [6, 6.07) is 4.26. The van der Waals surface area contributed by atoms with Crippen molar-refractivity contribution < 1.29 is 9.53 Å². The number of nitrogens with zero attached hydrogens (tertiary/aromatic N) is 1. The van der Waals surface area contributed by atoms with Crippen molar-refractivity contribution in [2.45, 2.75) is 53.1 Å². The molecule has 1 aromatic carbocycles. The van der Waals surface area contributed by atoms with E-state index in [0.29, 0.717) is 5.92 Å². The highest BCUT2D eigenvalue weighted by Gasteiger charge is 2.23. The number of aromatic nitrogens is 1. The molecule has 3 rings (SSSR count). The van der Waals surface area contributed by atoms with Gasteiger partial charge in [0.15, 0.2) is 0 Å². The number of aryl methyl sites for hydroxylation is 2. The van der Waals surface area contributed by atoms with E-state index in [1.165, 1.54) is 22.9 Å². The molecule has 1 saturated heterocycles. The molecule has 2 heterocycles. The van der Waals surface area contributed by atoms with E-state index in [2.05, 4.69) is 31.3 Å². The van der Waals surface area contributed by atoms with Gasteiger partial charge < -0.3 is 10.1 Å². The topological polar surface area (TPSA) is 43.3 Å². The van der Waals surface area contributed by atoms with Crippen molar-refractivity contribution >= 4 is 17.0 Å². The van der Waals surface area contributed by atoms with Gasteiger partial charge in [-0.15, -0.1) is 0 Å². The van der Waals surface area contributed by atoms with Crippen LogP contribution in [0.15, 0.2) is 18.3 Å². The van der Waals surface area contributed by atoms with Gasteiger partial charge in [0, 0.05) is 11.6 Å². The van der Waals surface area contributed by atoms with Crippen molar-refractivity contribution in [1.82, 2.24) is 9.88 Å². The predicted molar refractivity (Wildman–Crippen MR) is 97.7 cm³/mol. The van der Waals surface area contributed by atoms with Crippen LogP contribution in [0, 0.1) is 19.8 Å². The average Bonchev–Trinajstić information content (AvgIpc) is 3.10. The second-order valence-corrected chi connectivity index (χ2v) is 7.98. The van der Waals surface area contributed by atoms with Gasteiger partial charge in [-0.25, -0.2) is 4.79 Å². The van der Waals surface area contributed by atoms with Crippen LogP contribution < -0.4 is 5.32 Å². The number of hydrogen-bond donors (Lipinski definition) is 1. The molecule has 2 aromatic rings. The summed E-state index contributed by atoms with van der Waals surface area (Å²) in [6.07, 6.45) is 3.83. The summed E-state index contributed by atoms with van der Waals surface area (Å²) in [4.78, 5) is 12.6. The Morgan fingerprint density at radius 2 is 2.08 bits per heavy atom. The molecule has 0 amide bonds. The van der Waals surface area contributed by atoms with Gasteiger partial charge in [-0.05, 0) is 89.2 Å². The van der Waals surface area contributed by atoms with Crippen molar-refractivity contribution in [1.29, 1.82) is 0 Å². The van der Waals surface area contributed by atoms with Crippen molar-refractivity contribution in [3.8, 4) is 0 Å². The molecule has 1 atom stereocenters. The normalized spacial score (nSPS) is 18.3. The summed E-state index contributed by atoms with van der Waals surface area (Å²) < 4.78 is 7.22. The van der Waals surface area contributed by atoms with Crippen molar-refractivity contribution in [3.63, 3.8) is 0 Å². The Balaban J connectivity index is 2.03. The van der Waals surface area contributed by atoms with Crippen molar-refractivity contribution in [2.24, 2.45) is 5.92 Å². The monoisotopic (exact) mass is 328 g/mol. The fourth-order valence-electron chi connectivity index (χ4n) is 3.68. The highest BCUT2D eigenvalue weighted by molar-refractivity contribution is 5.94. The van der Waals surface area contributed by atoms with Crippen molar-refractivity contribution in [3.05, 3.63) is 35.0 Å². The minimum atomic E-state index is -0.495. The van der Waals surface area contributed by atoms with E-state index in [1.807, 2.05) is 27.0 Å². The number of nitrogens with one attached hydrogen (secondary N) is 1. The quantitative estimate of drug-likeness (QED) is 0.899. The molecule has 0 radical (unpaired) electrons. The molecule has 0 saturated carbocycles. The molecule has 4 heteroatoms. The Hall–Kier alpha value is -1.81. The zero-order valence-corrected chi connectivity index (χ0v) is 15.4. The molecule has 0 spiro atoms. The van der Waals surface area contributed by atoms with Gasteiger partial charge in [-0.3, -0.25) is 4.57 Å². The fourth-order valence-corrected chi connectivity index (χ4v) is 3.68. The van der Waals surface area contributed by atoms with Crippen molar-refractivity contribution in [2.75, 3.05) is 13.1 Å². The molecule has 0 aliphatic carbocycles. The molecule has 1 fully saturated rings. The summed E-state index contributed by atoms with van der Waals surface area (Å²) >= 11 is 0. The summed E-state index contributed by atoms with van der Waals surface area (Å²) in [5.74, 6) is 0.680. The number of fused-ring (bicyclic) bond motifs is 1. The van der Waals surface area contributed by atoms with E-state index in [9.17, 15) is 4.79 Å². The van der Waals surface area contributed by atoms with Crippen LogP contribution >= 0.6 is 0 Å². The summed E-state index contributed by atoms with van der Waals surface area (Å²) in [5.41, 5.74) is 4.29. The van der Waals surface area contributed by atoms with E-state index in [0.717, 1.165) is 30.6 Å². The van der Waals surface area contributed by atoms with E-state index in [-0.39, 0.29) is 6.09 Å². The third-order valence-electron chi connectivity index (χ3n) is 4.74. The van der Waals surface area contributed by atoms with Gasteiger partial charge in [0.05, 0.1) is 5.52 Å². The van der Waals surface area contributed by atoms with Crippen LogP contribution in [0.4, 0.5) is 4.79 Å². The first kappa shape index (κ1) is 17.0. The number of ether oxygens (including phenoxy) is 1. The minimum absolute atomic E-state index is 0.307. The maximum Gasteiger partial charge on any atom is 0.418 e. The third kappa shape index (κ3) is 3.34. The SMILES string of the molecule is Cc1cc(C)c2c(ccn2C(=O)OC(C)(C)C)c1C[C@H]1CCNC1. The number of benzene rings is 1. The van der Waals surface area contributed by atoms with Crippen LogP contribution in [0.3, 0.4) is 0 Å². The van der Waals surface area contributed by atoms with Crippen LogP contribution in [0.1, 0.15) is 43.9 Å². The zero-order valence-electron chi connectivity index (χ0n) is 15.4. The lowest BCUT2D eigenvalue weighted by Crippen LogP contribution is -2.26. The molecular weight excluding hydrogens is 300 g/mol. The van der Waals surface area contributed by atoms with Gasteiger partial charge >= 0.3 is 6.09 Å². The second kappa shape index (κ2) is 6.25. The van der Waals surface area contributed by atoms with E-state index in [1.54, 1.807) is 4.57 Å². The lowest BCUT2D eigenvalue weighted by atomic mass is 9.91. The first-order valence-electron chi connectivity index (χ1n) is 8.80. The Bertz CT molecular complexity index is 762. The van der Waals surface area contributed by atoms with Crippen LogP contribution in [0.5, 0.6) is 0 Å². The number of hydrogen-bond acceptors (Lipinski definition) is 3. The van der Waals surface area contributed by atoms with Gasteiger partial charge in [0.25, 0.3) is 0 Å². The highest BCUT2D eigenvalue weighted by atomic mass is 16.6. The molecule has 0 unspecified atom stereocenters. The number of carbonyl (C=O) groups is 1. The molecule has 4 nitrogen and oxygen atoms in total. The zero-order chi connectivity index (χ0) is 17.5. The van der Waals surface area contributed by atoms with Crippen LogP contribution in [0.25, 0.3) is 10.9 Å². The Morgan fingerprint density at radius 1 is 1.33 bits per heavy atom. The molecule has 24 heavy (non-hydrogen) atoms. The molecule has 130 valence electrons. The fraction of sp³-hybridized carbons (Fsp3) is 0.550. The standard InChI is InChI=1S/C20H28N2O2/c1-13-10-14(2)18-16(17(13)11-15-6-8-21-12-15)7-9-22(18)19(23)24-20(3,4)5/h7,9-10,15,21H,6,8,11-12H2,1-5H3/t15-/m1/s1. The lowest BCUT2D eigenvalue weighted by Gasteiger charge is -2.20. The van der Waals surface area contributed by atoms with Gasteiger partial charge in [0.2, 0.25) is 0 Å². The first-order chi connectivity index (χ1) is 11.3.